The van der Waals surface area contributed by atoms with Crippen LogP contribution in [-0.2, 0) is 11.2 Å². The number of carbonyl (C=O) groups is 1. The fourth-order valence-corrected chi connectivity index (χ4v) is 2.65. The number of rotatable bonds is 5. The largest absolute Gasteiger partial charge is 0.457 e. The number of ether oxygens (including phenoxy) is 1. The van der Waals surface area contributed by atoms with Crippen LogP contribution >= 0.6 is 34.8 Å². The second kappa shape index (κ2) is 8.21. The van der Waals surface area contributed by atoms with Crippen LogP contribution in [-0.4, -0.2) is 18.1 Å². The van der Waals surface area contributed by atoms with Gasteiger partial charge in [0.05, 0.1) is 15.6 Å². The van der Waals surface area contributed by atoms with E-state index < -0.39 is 12.1 Å². The highest BCUT2D eigenvalue weighted by Crippen LogP contribution is 2.24. The lowest BCUT2D eigenvalue weighted by molar-refractivity contribution is 0.0253. The van der Waals surface area contributed by atoms with Crippen molar-refractivity contribution in [2.75, 3.05) is 0 Å². The lowest BCUT2D eigenvalue weighted by atomic mass is 10.0. The van der Waals surface area contributed by atoms with Crippen molar-refractivity contribution in [1.82, 2.24) is 0 Å². The Balaban J connectivity index is 2.14. The molecule has 24 heavy (non-hydrogen) atoms. The van der Waals surface area contributed by atoms with Crippen molar-refractivity contribution in [3.63, 3.8) is 0 Å². The van der Waals surface area contributed by atoms with Crippen LogP contribution in [0.15, 0.2) is 36.4 Å². The van der Waals surface area contributed by atoms with Crippen molar-refractivity contribution in [3.8, 4) is 0 Å². The first kappa shape index (κ1) is 19.1. The van der Waals surface area contributed by atoms with Crippen molar-refractivity contribution in [2.24, 2.45) is 5.73 Å². The number of nitrogens with two attached hydrogens (primary N) is 1. The second-order valence-electron chi connectivity index (χ2n) is 5.72. The Morgan fingerprint density at radius 3 is 2.33 bits per heavy atom. The van der Waals surface area contributed by atoms with Crippen LogP contribution in [0, 0.1) is 6.92 Å². The van der Waals surface area contributed by atoms with Gasteiger partial charge in [0, 0.05) is 17.5 Å². The van der Waals surface area contributed by atoms with Crippen LogP contribution in [0.5, 0.6) is 0 Å². The Bertz CT molecular complexity index is 747. The molecule has 0 fully saturated rings. The maximum Gasteiger partial charge on any atom is 0.338 e. The molecule has 2 atom stereocenters. The molecule has 2 aromatic rings. The molecule has 0 aliphatic heterocycles. The summed E-state index contributed by atoms with van der Waals surface area (Å²) in [5, 5.41) is 1.54. The van der Waals surface area contributed by atoms with Gasteiger partial charge in [-0.2, -0.15) is 0 Å². The highest BCUT2D eigenvalue weighted by Gasteiger charge is 2.21. The molecule has 2 rings (SSSR count). The molecule has 0 radical (unpaired) electrons. The van der Waals surface area contributed by atoms with E-state index in [-0.39, 0.29) is 6.04 Å². The van der Waals surface area contributed by atoms with Crippen LogP contribution in [0.4, 0.5) is 0 Å². The Kier molecular flexibility index (Phi) is 6.53. The third-order valence-corrected chi connectivity index (χ3v) is 4.82. The number of hydrogen-bond donors (Lipinski definition) is 1. The molecule has 0 aliphatic rings. The first-order chi connectivity index (χ1) is 11.3. The molecule has 0 heterocycles. The van der Waals surface area contributed by atoms with Crippen molar-refractivity contribution in [3.05, 3.63) is 68.2 Å². The summed E-state index contributed by atoms with van der Waals surface area (Å²) in [6, 6.07) is 9.97. The summed E-state index contributed by atoms with van der Waals surface area (Å²) in [7, 11) is 0. The molecule has 2 N–H and O–H groups in total. The molecule has 0 spiro atoms. The second-order valence-corrected chi connectivity index (χ2v) is 6.94. The molecular weight excluding hydrogens is 369 g/mol. The summed E-state index contributed by atoms with van der Waals surface area (Å²) in [4.78, 5) is 12.4. The Hall–Kier alpha value is -1.26. The number of halogens is 3. The van der Waals surface area contributed by atoms with Crippen LogP contribution < -0.4 is 5.73 Å². The zero-order chi connectivity index (χ0) is 17.9. The molecule has 0 saturated heterocycles. The molecule has 0 bridgehead atoms. The van der Waals surface area contributed by atoms with Gasteiger partial charge >= 0.3 is 5.97 Å². The number of esters is 1. The third kappa shape index (κ3) is 4.87. The minimum Gasteiger partial charge on any atom is -0.457 e. The highest BCUT2D eigenvalue weighted by molar-refractivity contribution is 6.42. The SMILES string of the molecule is Cc1cc(C(=O)O[C@H](Cc2ccc(Cl)c(Cl)c2)[C@H](C)N)ccc1Cl. The number of hydrogen-bond acceptors (Lipinski definition) is 3. The predicted molar refractivity (Wildman–Crippen MR) is 99.2 cm³/mol. The van der Waals surface area contributed by atoms with Crippen LogP contribution in [0.3, 0.4) is 0 Å². The Labute approximate surface area is 156 Å². The standard InChI is InChI=1S/C18H18Cl3NO2/c1-10-7-13(4-6-14(10)19)18(23)24-17(11(2)22)9-12-3-5-15(20)16(21)8-12/h3-8,11,17H,9,22H2,1-2H3/t11-,17+/m0/s1. The lowest BCUT2D eigenvalue weighted by Gasteiger charge is -2.22. The van der Waals surface area contributed by atoms with Gasteiger partial charge in [-0.1, -0.05) is 40.9 Å². The summed E-state index contributed by atoms with van der Waals surface area (Å²) >= 11 is 17.9. The minimum atomic E-state index is -0.481. The molecule has 6 heteroatoms. The van der Waals surface area contributed by atoms with Gasteiger partial charge in [0.15, 0.2) is 0 Å². The van der Waals surface area contributed by atoms with Gasteiger partial charge in [-0.25, -0.2) is 4.79 Å². The normalized spacial score (nSPS) is 13.4. The average Bonchev–Trinajstić information content (AvgIpc) is 2.52. The van der Waals surface area contributed by atoms with E-state index in [0.717, 1.165) is 11.1 Å². The van der Waals surface area contributed by atoms with Gasteiger partial charge in [0.2, 0.25) is 0 Å². The van der Waals surface area contributed by atoms with E-state index in [4.69, 9.17) is 45.3 Å². The molecule has 0 unspecified atom stereocenters. The molecule has 0 amide bonds. The van der Waals surface area contributed by atoms with Crippen LogP contribution in [0.1, 0.15) is 28.4 Å². The van der Waals surface area contributed by atoms with Crippen molar-refractivity contribution < 1.29 is 9.53 Å². The average molecular weight is 387 g/mol. The third-order valence-electron chi connectivity index (χ3n) is 3.66. The summed E-state index contributed by atoms with van der Waals surface area (Å²) in [6.07, 6.45) is -0.0296. The Morgan fingerprint density at radius 2 is 1.75 bits per heavy atom. The molecule has 128 valence electrons. The number of aryl methyl sites for hydroxylation is 1. The van der Waals surface area contributed by atoms with Gasteiger partial charge in [-0.05, 0) is 55.3 Å². The summed E-state index contributed by atoms with van der Waals surface area (Å²) in [6.45, 7) is 3.63. The molecule has 0 aromatic heterocycles. The zero-order valence-electron chi connectivity index (χ0n) is 13.4. The summed E-state index contributed by atoms with van der Waals surface area (Å²) in [5.74, 6) is -0.433. The Morgan fingerprint density at radius 1 is 1.08 bits per heavy atom. The van der Waals surface area contributed by atoms with Crippen molar-refractivity contribution >= 4 is 40.8 Å². The maximum absolute atomic E-state index is 12.4. The zero-order valence-corrected chi connectivity index (χ0v) is 15.6. The molecule has 3 nitrogen and oxygen atoms in total. The van der Waals surface area contributed by atoms with E-state index >= 15 is 0 Å². The fraction of sp³-hybridized carbons (Fsp3) is 0.278. The smallest absolute Gasteiger partial charge is 0.338 e. The van der Waals surface area contributed by atoms with E-state index in [1.807, 2.05) is 13.0 Å². The van der Waals surface area contributed by atoms with E-state index in [0.29, 0.717) is 27.1 Å². The fourth-order valence-electron chi connectivity index (χ4n) is 2.21. The predicted octanol–water partition coefficient (Wildman–Crippen LogP) is 5.07. The van der Waals surface area contributed by atoms with E-state index in [1.165, 1.54) is 0 Å². The van der Waals surface area contributed by atoms with Gasteiger partial charge in [0.25, 0.3) is 0 Å². The first-order valence-electron chi connectivity index (χ1n) is 7.44. The van der Waals surface area contributed by atoms with Gasteiger partial charge in [0.1, 0.15) is 6.10 Å². The monoisotopic (exact) mass is 385 g/mol. The van der Waals surface area contributed by atoms with E-state index in [2.05, 4.69) is 0 Å². The molecular formula is C18H18Cl3NO2. The van der Waals surface area contributed by atoms with Crippen molar-refractivity contribution in [2.45, 2.75) is 32.4 Å². The van der Waals surface area contributed by atoms with Gasteiger partial charge in [-0.3, -0.25) is 0 Å². The van der Waals surface area contributed by atoms with Gasteiger partial charge in [-0.15, -0.1) is 0 Å². The highest BCUT2D eigenvalue weighted by atomic mass is 35.5. The van der Waals surface area contributed by atoms with Crippen LogP contribution in [0.2, 0.25) is 15.1 Å². The van der Waals surface area contributed by atoms with Crippen molar-refractivity contribution in [1.29, 1.82) is 0 Å². The maximum atomic E-state index is 12.4. The summed E-state index contributed by atoms with van der Waals surface area (Å²) < 4.78 is 5.58. The minimum absolute atomic E-state index is 0.336. The van der Waals surface area contributed by atoms with Crippen LogP contribution in [0.25, 0.3) is 0 Å². The topological polar surface area (TPSA) is 52.3 Å². The molecule has 2 aromatic carbocycles. The number of carbonyl (C=O) groups excluding carboxylic acids is 1. The van der Waals surface area contributed by atoms with E-state index in [9.17, 15) is 4.79 Å². The quantitative estimate of drug-likeness (QED) is 0.730. The molecule has 0 aliphatic carbocycles. The van der Waals surface area contributed by atoms with Gasteiger partial charge < -0.3 is 10.5 Å². The summed E-state index contributed by atoms with van der Waals surface area (Å²) in [5.41, 5.74) is 8.12. The lowest BCUT2D eigenvalue weighted by Crippen LogP contribution is -2.37. The first-order valence-corrected chi connectivity index (χ1v) is 8.58. The van der Waals surface area contributed by atoms with E-state index in [1.54, 1.807) is 37.3 Å². The number of benzene rings is 2. The molecule has 0 saturated carbocycles.